The normalized spacial score (nSPS) is 21.6. The van der Waals surface area contributed by atoms with Gasteiger partial charge in [-0.05, 0) is 37.8 Å². The molecule has 1 saturated heterocycles. The molecule has 1 fully saturated rings. The van der Waals surface area contributed by atoms with Crippen molar-refractivity contribution in [1.82, 2.24) is 9.88 Å². The quantitative estimate of drug-likeness (QED) is 0.757. The van der Waals surface area contributed by atoms with Crippen molar-refractivity contribution < 1.29 is 0 Å². The zero-order valence-electron chi connectivity index (χ0n) is 10.9. The van der Waals surface area contributed by atoms with Crippen molar-refractivity contribution in [2.45, 2.75) is 44.2 Å². The molecule has 1 atom stereocenters. The van der Waals surface area contributed by atoms with Crippen molar-refractivity contribution in [3.63, 3.8) is 0 Å². The molecule has 0 unspecified atom stereocenters. The number of hydrogen-bond acceptors (Lipinski definition) is 3. The van der Waals surface area contributed by atoms with Gasteiger partial charge in [-0.3, -0.25) is 4.90 Å². The fourth-order valence-corrected chi connectivity index (χ4v) is 3.42. The van der Waals surface area contributed by atoms with Crippen LogP contribution in [-0.4, -0.2) is 28.7 Å². The summed E-state index contributed by atoms with van der Waals surface area (Å²) in [5.74, 6) is 1.10. The van der Waals surface area contributed by atoms with Crippen molar-refractivity contribution in [3.8, 4) is 0 Å². The highest BCUT2D eigenvalue weighted by atomic mass is 32.2. The molecule has 2 heterocycles. The summed E-state index contributed by atoms with van der Waals surface area (Å²) in [4.78, 5) is 7.15. The number of rotatable bonds is 4. The van der Waals surface area contributed by atoms with Gasteiger partial charge in [0.15, 0.2) is 0 Å². The lowest BCUT2D eigenvalue weighted by Crippen LogP contribution is -2.33. The van der Waals surface area contributed by atoms with Crippen molar-refractivity contribution >= 4 is 11.8 Å². The molecule has 17 heavy (non-hydrogen) atoms. The molecule has 0 radical (unpaired) electrons. The lowest BCUT2D eigenvalue weighted by molar-refractivity contribution is 0.154. The van der Waals surface area contributed by atoms with E-state index in [0.717, 1.165) is 12.3 Å². The van der Waals surface area contributed by atoms with Gasteiger partial charge in [-0.15, -0.1) is 11.8 Å². The molecular formula is C14H22N2S. The molecule has 1 aromatic heterocycles. The summed E-state index contributed by atoms with van der Waals surface area (Å²) >= 11 is 1.87. The van der Waals surface area contributed by atoms with E-state index in [2.05, 4.69) is 35.9 Å². The van der Waals surface area contributed by atoms with Gasteiger partial charge >= 0.3 is 0 Å². The second kappa shape index (κ2) is 6.41. The molecule has 0 N–H and O–H groups in total. The second-order valence-electron chi connectivity index (χ2n) is 4.47. The highest BCUT2D eigenvalue weighted by molar-refractivity contribution is 7.99. The summed E-state index contributed by atoms with van der Waals surface area (Å²) in [5.41, 5.74) is 1.45. The lowest BCUT2D eigenvalue weighted by Gasteiger charge is -2.35. The van der Waals surface area contributed by atoms with Crippen LogP contribution in [0.3, 0.4) is 0 Å². The van der Waals surface area contributed by atoms with Gasteiger partial charge in [-0.25, -0.2) is 4.98 Å². The summed E-state index contributed by atoms with van der Waals surface area (Å²) < 4.78 is 0. The van der Waals surface area contributed by atoms with Gasteiger partial charge < -0.3 is 0 Å². The zero-order valence-corrected chi connectivity index (χ0v) is 11.7. The highest BCUT2D eigenvalue weighted by Crippen LogP contribution is 2.35. The SMILES string of the molecule is CCSc1ncccc1[C@@H]1CCCCN1CC. The van der Waals surface area contributed by atoms with Crippen LogP contribution in [-0.2, 0) is 0 Å². The van der Waals surface area contributed by atoms with E-state index in [-0.39, 0.29) is 0 Å². The fraction of sp³-hybridized carbons (Fsp3) is 0.643. The molecule has 1 aliphatic heterocycles. The number of nitrogens with zero attached hydrogens (tertiary/aromatic N) is 2. The van der Waals surface area contributed by atoms with Crippen LogP contribution < -0.4 is 0 Å². The first-order valence-corrected chi connectivity index (χ1v) is 7.67. The molecular weight excluding hydrogens is 228 g/mol. The van der Waals surface area contributed by atoms with Crippen LogP contribution in [0, 0.1) is 0 Å². The van der Waals surface area contributed by atoms with E-state index in [1.54, 1.807) is 0 Å². The Balaban J connectivity index is 2.24. The summed E-state index contributed by atoms with van der Waals surface area (Å²) in [7, 11) is 0. The lowest BCUT2D eigenvalue weighted by atomic mass is 9.96. The standard InChI is InChI=1S/C14H22N2S/c1-3-16-11-6-5-9-13(16)12-8-7-10-15-14(12)17-4-2/h7-8,10,13H,3-6,9,11H2,1-2H3/t13-/m0/s1. The summed E-state index contributed by atoms with van der Waals surface area (Å²) in [6, 6.07) is 4.94. The van der Waals surface area contributed by atoms with Crippen molar-refractivity contribution in [2.75, 3.05) is 18.8 Å². The molecule has 1 aliphatic rings. The third-order valence-corrected chi connectivity index (χ3v) is 4.36. The zero-order chi connectivity index (χ0) is 12.1. The summed E-state index contributed by atoms with van der Waals surface area (Å²) in [5, 5.41) is 1.24. The smallest absolute Gasteiger partial charge is 0.101 e. The first kappa shape index (κ1) is 12.9. The average molecular weight is 250 g/mol. The number of aromatic nitrogens is 1. The third kappa shape index (κ3) is 3.02. The molecule has 0 amide bonds. The maximum absolute atomic E-state index is 4.55. The fourth-order valence-electron chi connectivity index (χ4n) is 2.64. The van der Waals surface area contributed by atoms with Crippen LogP contribution >= 0.6 is 11.8 Å². The molecule has 2 nitrogen and oxygen atoms in total. The minimum absolute atomic E-state index is 0.594. The Morgan fingerprint density at radius 1 is 1.41 bits per heavy atom. The molecule has 3 heteroatoms. The molecule has 0 spiro atoms. The van der Waals surface area contributed by atoms with E-state index in [4.69, 9.17) is 0 Å². The van der Waals surface area contributed by atoms with Gasteiger partial charge in [0.2, 0.25) is 0 Å². The molecule has 1 aromatic rings. The number of hydrogen-bond donors (Lipinski definition) is 0. The first-order chi connectivity index (χ1) is 8.36. The number of piperidine rings is 1. The van der Waals surface area contributed by atoms with Crippen LogP contribution in [0.4, 0.5) is 0 Å². The number of pyridine rings is 1. The minimum atomic E-state index is 0.594. The van der Waals surface area contributed by atoms with Gasteiger partial charge in [0.25, 0.3) is 0 Å². The maximum Gasteiger partial charge on any atom is 0.101 e. The minimum Gasteiger partial charge on any atom is -0.297 e. The van der Waals surface area contributed by atoms with Gasteiger partial charge in [0, 0.05) is 17.8 Å². The molecule has 0 aliphatic carbocycles. The van der Waals surface area contributed by atoms with Gasteiger partial charge in [-0.2, -0.15) is 0 Å². The Labute approximate surface area is 109 Å². The second-order valence-corrected chi connectivity index (χ2v) is 5.72. The number of likely N-dealkylation sites (tertiary alicyclic amines) is 1. The summed E-state index contributed by atoms with van der Waals surface area (Å²) in [6.07, 6.45) is 5.91. The van der Waals surface area contributed by atoms with Crippen LogP contribution in [0.2, 0.25) is 0 Å². The first-order valence-electron chi connectivity index (χ1n) is 6.68. The molecule has 2 rings (SSSR count). The maximum atomic E-state index is 4.55. The predicted molar refractivity (Wildman–Crippen MR) is 74.5 cm³/mol. The Hall–Kier alpha value is -0.540. The van der Waals surface area contributed by atoms with Gasteiger partial charge in [0.05, 0.1) is 0 Å². The monoisotopic (exact) mass is 250 g/mol. The van der Waals surface area contributed by atoms with Gasteiger partial charge in [-0.1, -0.05) is 26.3 Å². The molecule has 0 aromatic carbocycles. The average Bonchev–Trinajstić information content (AvgIpc) is 2.40. The van der Waals surface area contributed by atoms with Crippen molar-refractivity contribution in [1.29, 1.82) is 0 Å². The Bertz CT molecular complexity index is 354. The van der Waals surface area contributed by atoms with Crippen LogP contribution in [0.1, 0.15) is 44.7 Å². The van der Waals surface area contributed by atoms with E-state index >= 15 is 0 Å². The third-order valence-electron chi connectivity index (χ3n) is 3.46. The molecule has 0 bridgehead atoms. The Morgan fingerprint density at radius 3 is 3.06 bits per heavy atom. The summed E-state index contributed by atoms with van der Waals surface area (Å²) in [6.45, 7) is 6.85. The van der Waals surface area contributed by atoms with Crippen molar-refractivity contribution in [2.24, 2.45) is 0 Å². The van der Waals surface area contributed by atoms with Crippen LogP contribution in [0.15, 0.2) is 23.4 Å². The van der Waals surface area contributed by atoms with Crippen molar-refractivity contribution in [3.05, 3.63) is 23.9 Å². The van der Waals surface area contributed by atoms with E-state index in [9.17, 15) is 0 Å². The van der Waals surface area contributed by atoms with E-state index < -0.39 is 0 Å². The van der Waals surface area contributed by atoms with E-state index in [1.165, 1.54) is 36.4 Å². The number of thioether (sulfide) groups is 1. The van der Waals surface area contributed by atoms with Crippen LogP contribution in [0.25, 0.3) is 0 Å². The topological polar surface area (TPSA) is 16.1 Å². The van der Waals surface area contributed by atoms with Gasteiger partial charge in [0.1, 0.15) is 5.03 Å². The molecule has 0 saturated carbocycles. The Kier molecular flexibility index (Phi) is 4.86. The van der Waals surface area contributed by atoms with E-state index in [1.807, 2.05) is 18.0 Å². The molecule has 94 valence electrons. The van der Waals surface area contributed by atoms with E-state index in [0.29, 0.717) is 6.04 Å². The predicted octanol–water partition coefficient (Wildman–Crippen LogP) is 3.74. The van der Waals surface area contributed by atoms with Crippen LogP contribution in [0.5, 0.6) is 0 Å². The largest absolute Gasteiger partial charge is 0.297 e. The highest BCUT2D eigenvalue weighted by Gasteiger charge is 2.24. The Morgan fingerprint density at radius 2 is 2.29 bits per heavy atom.